The Morgan fingerprint density at radius 1 is 1.23 bits per heavy atom. The third kappa shape index (κ3) is 4.40. The van der Waals surface area contributed by atoms with E-state index in [-0.39, 0.29) is 18.2 Å². The highest BCUT2D eigenvalue weighted by Crippen LogP contribution is 2.20. The van der Waals surface area contributed by atoms with Gasteiger partial charge in [-0.1, -0.05) is 0 Å². The predicted octanol–water partition coefficient (Wildman–Crippen LogP) is 2.31. The molecule has 0 N–H and O–H groups in total. The second-order valence-corrected chi connectivity index (χ2v) is 6.92. The van der Waals surface area contributed by atoms with Crippen molar-refractivity contribution in [1.29, 1.82) is 0 Å². The molecule has 2 rings (SSSR count). The normalized spacial score (nSPS) is 23.4. The van der Waals surface area contributed by atoms with Crippen LogP contribution in [0.5, 0.6) is 0 Å². The lowest BCUT2D eigenvalue weighted by Gasteiger charge is -2.44. The molecule has 0 bridgehead atoms. The van der Waals surface area contributed by atoms with Crippen molar-refractivity contribution in [3.05, 3.63) is 24.3 Å². The van der Waals surface area contributed by atoms with E-state index in [1.165, 1.54) is 0 Å². The second kappa shape index (κ2) is 6.60. The highest BCUT2D eigenvalue weighted by molar-refractivity contribution is 5.68. The number of carbonyl (C=O) groups excluding carboxylic acids is 1. The van der Waals surface area contributed by atoms with Gasteiger partial charge in [-0.15, -0.1) is 0 Å². The van der Waals surface area contributed by atoms with Crippen LogP contribution >= 0.6 is 0 Å². The minimum atomic E-state index is -0.460. The molecule has 1 saturated heterocycles. The van der Waals surface area contributed by atoms with E-state index in [0.29, 0.717) is 19.6 Å². The largest absolute Gasteiger partial charge is 0.444 e. The molecule has 1 aromatic heterocycles. The Morgan fingerprint density at radius 3 is 2.27 bits per heavy atom. The molecule has 0 aliphatic carbocycles. The molecule has 1 aliphatic rings. The molecular weight excluding hydrogens is 280 g/mol. The van der Waals surface area contributed by atoms with Gasteiger partial charge < -0.3 is 9.64 Å². The molecule has 6 heteroatoms. The van der Waals surface area contributed by atoms with Crippen LogP contribution in [0.1, 0.15) is 40.4 Å². The van der Waals surface area contributed by atoms with E-state index in [0.717, 1.165) is 5.82 Å². The average Bonchev–Trinajstić information content (AvgIpc) is 2.42. The standard InChI is InChI=1S/C16H26N4O2/c1-12-9-19(15(21)22-16(3,4)5)10-13(2)20(12)11-14-17-7-6-8-18-14/h6-8,12-13H,9-11H2,1-5H3/t12-,13+. The average molecular weight is 306 g/mol. The van der Waals surface area contributed by atoms with Gasteiger partial charge in [-0.25, -0.2) is 14.8 Å². The Bertz CT molecular complexity index is 489. The minimum Gasteiger partial charge on any atom is -0.444 e. The number of piperazine rings is 1. The first-order valence-electron chi connectivity index (χ1n) is 7.76. The molecule has 0 spiro atoms. The molecule has 1 amide bonds. The van der Waals surface area contributed by atoms with E-state index in [9.17, 15) is 4.79 Å². The first-order valence-corrected chi connectivity index (χ1v) is 7.76. The van der Waals surface area contributed by atoms with Crippen molar-refractivity contribution < 1.29 is 9.53 Å². The number of carbonyl (C=O) groups is 1. The van der Waals surface area contributed by atoms with Crippen molar-refractivity contribution in [2.75, 3.05) is 13.1 Å². The summed E-state index contributed by atoms with van der Waals surface area (Å²) in [5.74, 6) is 0.812. The number of rotatable bonds is 2. The van der Waals surface area contributed by atoms with Crippen molar-refractivity contribution >= 4 is 6.09 Å². The Labute approximate surface area is 132 Å². The lowest BCUT2D eigenvalue weighted by Crippen LogP contribution is -2.58. The fourth-order valence-corrected chi connectivity index (χ4v) is 2.72. The summed E-state index contributed by atoms with van der Waals surface area (Å²) in [7, 11) is 0. The van der Waals surface area contributed by atoms with Crippen LogP contribution < -0.4 is 0 Å². The number of hydrogen-bond donors (Lipinski definition) is 0. The summed E-state index contributed by atoms with van der Waals surface area (Å²) in [4.78, 5) is 24.9. The van der Waals surface area contributed by atoms with E-state index in [4.69, 9.17) is 4.74 Å². The van der Waals surface area contributed by atoms with Crippen molar-refractivity contribution in [2.24, 2.45) is 0 Å². The third-order valence-corrected chi connectivity index (χ3v) is 3.70. The Balaban J connectivity index is 1.98. The quantitative estimate of drug-likeness (QED) is 0.839. The molecule has 0 radical (unpaired) electrons. The topological polar surface area (TPSA) is 58.6 Å². The van der Waals surface area contributed by atoms with E-state index in [2.05, 4.69) is 28.7 Å². The number of hydrogen-bond acceptors (Lipinski definition) is 5. The zero-order valence-electron chi connectivity index (χ0n) is 14.1. The van der Waals surface area contributed by atoms with Crippen LogP contribution in [0.3, 0.4) is 0 Å². The fraction of sp³-hybridized carbons (Fsp3) is 0.688. The molecule has 0 aromatic carbocycles. The van der Waals surface area contributed by atoms with E-state index in [1.54, 1.807) is 17.3 Å². The maximum absolute atomic E-state index is 12.2. The van der Waals surface area contributed by atoms with Gasteiger partial charge in [0.25, 0.3) is 0 Å². The van der Waals surface area contributed by atoms with Gasteiger partial charge in [-0.2, -0.15) is 0 Å². The maximum atomic E-state index is 12.2. The third-order valence-electron chi connectivity index (χ3n) is 3.70. The lowest BCUT2D eigenvalue weighted by molar-refractivity contribution is -0.0103. The van der Waals surface area contributed by atoms with Gasteiger partial charge in [0.15, 0.2) is 0 Å². The number of amides is 1. The fourth-order valence-electron chi connectivity index (χ4n) is 2.72. The number of nitrogens with zero attached hydrogens (tertiary/aromatic N) is 4. The smallest absolute Gasteiger partial charge is 0.410 e. The maximum Gasteiger partial charge on any atom is 0.410 e. The SMILES string of the molecule is C[C@@H]1CN(C(=O)OC(C)(C)C)C[C@H](C)N1Cc1ncccn1. The second-order valence-electron chi connectivity index (χ2n) is 6.92. The van der Waals surface area contributed by atoms with E-state index >= 15 is 0 Å². The summed E-state index contributed by atoms with van der Waals surface area (Å²) in [6.07, 6.45) is 3.28. The highest BCUT2D eigenvalue weighted by Gasteiger charge is 2.34. The first kappa shape index (κ1) is 16.7. The Morgan fingerprint density at radius 2 is 1.77 bits per heavy atom. The molecule has 1 aliphatic heterocycles. The van der Waals surface area contributed by atoms with Crippen LogP contribution in [0.25, 0.3) is 0 Å². The molecular formula is C16H26N4O2. The Hall–Kier alpha value is -1.69. The van der Waals surface area contributed by atoms with Gasteiger partial charge in [0, 0.05) is 37.6 Å². The molecule has 0 unspecified atom stereocenters. The van der Waals surface area contributed by atoms with E-state index in [1.807, 2.05) is 26.8 Å². The van der Waals surface area contributed by atoms with Crippen LogP contribution in [0, 0.1) is 0 Å². The van der Waals surface area contributed by atoms with Gasteiger partial charge in [0.2, 0.25) is 0 Å². The zero-order valence-corrected chi connectivity index (χ0v) is 14.1. The summed E-state index contributed by atoms with van der Waals surface area (Å²) in [5, 5.41) is 0. The van der Waals surface area contributed by atoms with Gasteiger partial charge in [-0.05, 0) is 40.7 Å². The molecule has 1 fully saturated rings. The van der Waals surface area contributed by atoms with Crippen LogP contribution in [0.15, 0.2) is 18.5 Å². The van der Waals surface area contributed by atoms with Crippen molar-refractivity contribution in [1.82, 2.24) is 19.8 Å². The molecule has 2 atom stereocenters. The van der Waals surface area contributed by atoms with Crippen molar-refractivity contribution in [3.8, 4) is 0 Å². The highest BCUT2D eigenvalue weighted by atomic mass is 16.6. The van der Waals surface area contributed by atoms with Crippen LogP contribution in [-0.4, -0.2) is 56.6 Å². The summed E-state index contributed by atoms with van der Waals surface area (Å²) in [5.41, 5.74) is -0.460. The summed E-state index contributed by atoms with van der Waals surface area (Å²) in [6, 6.07) is 2.29. The monoisotopic (exact) mass is 306 g/mol. The first-order chi connectivity index (χ1) is 10.3. The molecule has 1 aromatic rings. The van der Waals surface area contributed by atoms with Gasteiger partial charge in [0.1, 0.15) is 11.4 Å². The molecule has 22 heavy (non-hydrogen) atoms. The predicted molar refractivity (Wildman–Crippen MR) is 84.3 cm³/mol. The molecule has 2 heterocycles. The minimum absolute atomic E-state index is 0.234. The van der Waals surface area contributed by atoms with Gasteiger partial charge in [0.05, 0.1) is 6.54 Å². The summed E-state index contributed by atoms with van der Waals surface area (Å²) >= 11 is 0. The van der Waals surface area contributed by atoms with Crippen LogP contribution in [-0.2, 0) is 11.3 Å². The van der Waals surface area contributed by atoms with Crippen molar-refractivity contribution in [3.63, 3.8) is 0 Å². The van der Waals surface area contributed by atoms with E-state index < -0.39 is 5.60 Å². The van der Waals surface area contributed by atoms with Crippen LogP contribution in [0.4, 0.5) is 4.79 Å². The van der Waals surface area contributed by atoms with Crippen molar-refractivity contribution in [2.45, 2.75) is 58.8 Å². The summed E-state index contributed by atoms with van der Waals surface area (Å²) < 4.78 is 5.47. The summed E-state index contributed by atoms with van der Waals surface area (Å²) in [6.45, 7) is 11.9. The van der Waals surface area contributed by atoms with Gasteiger partial charge >= 0.3 is 6.09 Å². The van der Waals surface area contributed by atoms with Crippen LogP contribution in [0.2, 0.25) is 0 Å². The zero-order chi connectivity index (χ0) is 16.3. The Kier molecular flexibility index (Phi) is 5.01. The molecule has 122 valence electrons. The number of ether oxygens (including phenoxy) is 1. The van der Waals surface area contributed by atoms with Gasteiger partial charge in [-0.3, -0.25) is 4.90 Å². The lowest BCUT2D eigenvalue weighted by atomic mass is 10.1. The number of aromatic nitrogens is 2. The molecule has 6 nitrogen and oxygen atoms in total. The molecule has 0 saturated carbocycles.